The molecule has 0 aliphatic carbocycles. The lowest BCUT2D eigenvalue weighted by Gasteiger charge is -2.29. The SMILES string of the molecule is CCN(CCC(C)CCN(CCNC)c1ccc(NC(=O)CCNC=O)c(C)c1)c1ccc(N)cc1OC. The predicted octanol–water partition coefficient (Wildman–Crippen LogP) is 3.63. The minimum Gasteiger partial charge on any atom is -0.495 e. The molecule has 0 spiro atoms. The van der Waals surface area contributed by atoms with Crippen molar-refractivity contribution in [2.24, 2.45) is 5.92 Å². The number of nitrogens with two attached hydrogens (primary N) is 1. The lowest BCUT2D eigenvalue weighted by molar-refractivity contribution is -0.116. The summed E-state index contributed by atoms with van der Waals surface area (Å²) in [6.45, 7) is 11.4. The Morgan fingerprint density at radius 1 is 1.08 bits per heavy atom. The molecule has 0 saturated carbocycles. The maximum Gasteiger partial charge on any atom is 0.226 e. The van der Waals surface area contributed by atoms with Crippen LogP contribution in [-0.4, -0.2) is 65.7 Å². The highest BCUT2D eigenvalue weighted by atomic mass is 16.5. The molecule has 0 aliphatic heterocycles. The van der Waals surface area contributed by atoms with Gasteiger partial charge in [0, 0.05) is 68.8 Å². The van der Waals surface area contributed by atoms with Crippen molar-refractivity contribution in [1.82, 2.24) is 10.6 Å². The lowest BCUT2D eigenvalue weighted by atomic mass is 10.0. The average Bonchev–Trinajstić information content (AvgIpc) is 2.91. The van der Waals surface area contributed by atoms with Gasteiger partial charge in [0.1, 0.15) is 5.75 Å². The van der Waals surface area contributed by atoms with Gasteiger partial charge in [0.05, 0.1) is 12.8 Å². The first-order valence-corrected chi connectivity index (χ1v) is 13.5. The number of benzene rings is 2. The molecule has 210 valence electrons. The normalized spacial score (nSPS) is 11.5. The summed E-state index contributed by atoms with van der Waals surface area (Å²) in [6, 6.07) is 12.0. The molecule has 0 radical (unpaired) electrons. The Bertz CT molecular complexity index is 1020. The van der Waals surface area contributed by atoms with Gasteiger partial charge in [-0.1, -0.05) is 6.92 Å². The van der Waals surface area contributed by atoms with Crippen molar-refractivity contribution in [3.05, 3.63) is 42.0 Å². The van der Waals surface area contributed by atoms with E-state index in [4.69, 9.17) is 10.5 Å². The summed E-state index contributed by atoms with van der Waals surface area (Å²) in [4.78, 5) is 27.3. The van der Waals surface area contributed by atoms with E-state index in [1.807, 2.05) is 38.2 Å². The molecule has 0 aromatic heterocycles. The molecular weight excluding hydrogens is 480 g/mol. The fourth-order valence-electron chi connectivity index (χ4n) is 4.36. The van der Waals surface area contributed by atoms with Gasteiger partial charge in [-0.3, -0.25) is 9.59 Å². The molecule has 9 heteroatoms. The molecule has 38 heavy (non-hydrogen) atoms. The number of ether oxygens (including phenoxy) is 1. The van der Waals surface area contributed by atoms with E-state index in [0.717, 1.165) is 73.9 Å². The van der Waals surface area contributed by atoms with Crippen LogP contribution in [0.15, 0.2) is 36.4 Å². The van der Waals surface area contributed by atoms with Crippen LogP contribution >= 0.6 is 0 Å². The van der Waals surface area contributed by atoms with Crippen molar-refractivity contribution in [1.29, 1.82) is 0 Å². The van der Waals surface area contributed by atoms with E-state index in [1.165, 1.54) is 0 Å². The van der Waals surface area contributed by atoms with Gasteiger partial charge in [-0.2, -0.15) is 0 Å². The van der Waals surface area contributed by atoms with Gasteiger partial charge < -0.3 is 36.2 Å². The molecule has 1 atom stereocenters. The molecule has 0 heterocycles. The molecule has 0 aliphatic rings. The number of carbonyl (C=O) groups excluding carboxylic acids is 2. The topological polar surface area (TPSA) is 112 Å². The molecule has 2 aromatic carbocycles. The standard InChI is InChI=1S/C29H46N6O3/c1-6-34(27-10-7-24(30)20-28(27)38-5)16-12-22(2)13-17-35(18-15-31-4)25-8-9-26(23(3)19-25)33-29(37)11-14-32-21-36/h7-10,19-22,31H,6,11-18,30H2,1-5H3,(H,32,36)(H,33,37). The van der Waals surface area contributed by atoms with Crippen molar-refractivity contribution < 1.29 is 14.3 Å². The van der Waals surface area contributed by atoms with Gasteiger partial charge in [-0.15, -0.1) is 0 Å². The second kappa shape index (κ2) is 16.4. The monoisotopic (exact) mass is 526 g/mol. The molecule has 9 nitrogen and oxygen atoms in total. The van der Waals surface area contributed by atoms with E-state index in [9.17, 15) is 9.59 Å². The maximum atomic E-state index is 12.1. The predicted molar refractivity (Wildman–Crippen MR) is 158 cm³/mol. The summed E-state index contributed by atoms with van der Waals surface area (Å²) in [5.74, 6) is 1.24. The minimum atomic E-state index is -0.117. The number of anilines is 4. The van der Waals surface area contributed by atoms with Crippen molar-refractivity contribution in [2.45, 2.75) is 40.0 Å². The fraction of sp³-hybridized carbons (Fsp3) is 0.517. The van der Waals surface area contributed by atoms with Crippen molar-refractivity contribution in [3.8, 4) is 5.75 Å². The fourth-order valence-corrected chi connectivity index (χ4v) is 4.36. The van der Waals surface area contributed by atoms with Crippen molar-refractivity contribution in [3.63, 3.8) is 0 Å². The summed E-state index contributed by atoms with van der Waals surface area (Å²) < 4.78 is 5.57. The van der Waals surface area contributed by atoms with Crippen molar-refractivity contribution >= 4 is 35.1 Å². The Hall–Kier alpha value is -3.46. The van der Waals surface area contributed by atoms with Crippen LogP contribution < -0.4 is 36.2 Å². The van der Waals surface area contributed by atoms with Crippen LogP contribution in [0.3, 0.4) is 0 Å². The summed E-state index contributed by atoms with van der Waals surface area (Å²) in [7, 11) is 3.65. The third-order valence-corrected chi connectivity index (χ3v) is 6.77. The van der Waals surface area contributed by atoms with Gasteiger partial charge in [-0.25, -0.2) is 0 Å². The molecule has 0 fully saturated rings. The van der Waals surface area contributed by atoms with Gasteiger partial charge in [0.2, 0.25) is 12.3 Å². The Kier molecular flexibility index (Phi) is 13.3. The molecule has 1 unspecified atom stereocenters. The molecule has 2 aromatic rings. The zero-order chi connectivity index (χ0) is 27.9. The lowest BCUT2D eigenvalue weighted by Crippen LogP contribution is -2.33. The van der Waals surface area contributed by atoms with Crippen LogP contribution in [-0.2, 0) is 9.59 Å². The summed E-state index contributed by atoms with van der Waals surface area (Å²) in [5, 5.41) is 8.71. The van der Waals surface area contributed by atoms with E-state index in [0.29, 0.717) is 24.6 Å². The number of likely N-dealkylation sites (N-methyl/N-ethyl adjacent to an activating group) is 1. The minimum absolute atomic E-state index is 0.117. The second-order valence-electron chi connectivity index (χ2n) is 9.65. The quantitative estimate of drug-likeness (QED) is 0.133. The second-order valence-corrected chi connectivity index (χ2v) is 9.65. The molecule has 0 saturated heterocycles. The van der Waals surface area contributed by atoms with Crippen LogP contribution in [0.2, 0.25) is 0 Å². The highest BCUT2D eigenvalue weighted by molar-refractivity contribution is 5.92. The van der Waals surface area contributed by atoms with Gasteiger partial charge >= 0.3 is 0 Å². The highest BCUT2D eigenvalue weighted by Gasteiger charge is 2.15. The summed E-state index contributed by atoms with van der Waals surface area (Å²) in [5.41, 5.74) is 10.7. The zero-order valence-corrected chi connectivity index (χ0v) is 23.7. The number of hydrogen-bond acceptors (Lipinski definition) is 7. The third-order valence-electron chi connectivity index (χ3n) is 6.77. The number of nitrogen functional groups attached to an aromatic ring is 1. The number of methoxy groups -OCH3 is 1. The van der Waals surface area contributed by atoms with Crippen LogP contribution in [0, 0.1) is 12.8 Å². The van der Waals surface area contributed by atoms with E-state index < -0.39 is 0 Å². The first kappa shape index (κ1) is 30.8. The molecule has 2 rings (SSSR count). The average molecular weight is 527 g/mol. The molecule has 0 bridgehead atoms. The molecular formula is C29H46N6O3. The van der Waals surface area contributed by atoms with Gasteiger partial charge in [0.15, 0.2) is 0 Å². The number of aryl methyl sites for hydroxylation is 1. The van der Waals surface area contributed by atoms with E-state index in [-0.39, 0.29) is 12.3 Å². The number of rotatable bonds is 18. The third kappa shape index (κ3) is 9.78. The zero-order valence-electron chi connectivity index (χ0n) is 23.7. The Balaban J connectivity index is 1.98. The molecule has 5 N–H and O–H groups in total. The van der Waals surface area contributed by atoms with Crippen LogP contribution in [0.25, 0.3) is 0 Å². The number of nitrogens with one attached hydrogen (secondary N) is 3. The number of carbonyl (C=O) groups is 2. The largest absolute Gasteiger partial charge is 0.495 e. The summed E-state index contributed by atoms with van der Waals surface area (Å²) >= 11 is 0. The number of amides is 2. The van der Waals surface area contributed by atoms with E-state index in [1.54, 1.807) is 7.11 Å². The van der Waals surface area contributed by atoms with Crippen LogP contribution in [0.5, 0.6) is 5.75 Å². The van der Waals surface area contributed by atoms with Crippen LogP contribution in [0.1, 0.15) is 38.7 Å². The smallest absolute Gasteiger partial charge is 0.226 e. The Morgan fingerprint density at radius 2 is 1.82 bits per heavy atom. The van der Waals surface area contributed by atoms with E-state index in [2.05, 4.69) is 51.7 Å². The van der Waals surface area contributed by atoms with Gasteiger partial charge in [0.25, 0.3) is 0 Å². The van der Waals surface area contributed by atoms with Gasteiger partial charge in [-0.05, 0) is 75.5 Å². The van der Waals surface area contributed by atoms with E-state index >= 15 is 0 Å². The van der Waals surface area contributed by atoms with Crippen molar-refractivity contribution in [2.75, 3.05) is 74.3 Å². The first-order chi connectivity index (χ1) is 18.3. The molecule has 2 amide bonds. The maximum absolute atomic E-state index is 12.1. The Labute approximate surface area is 228 Å². The Morgan fingerprint density at radius 3 is 2.45 bits per heavy atom. The van der Waals surface area contributed by atoms with Crippen LogP contribution in [0.4, 0.5) is 22.7 Å². The number of nitrogens with zero attached hydrogens (tertiary/aromatic N) is 2. The number of hydrogen-bond donors (Lipinski definition) is 4. The first-order valence-electron chi connectivity index (χ1n) is 13.5. The highest BCUT2D eigenvalue weighted by Crippen LogP contribution is 2.31. The summed E-state index contributed by atoms with van der Waals surface area (Å²) in [6.07, 6.45) is 2.99.